The summed E-state index contributed by atoms with van der Waals surface area (Å²) in [5, 5.41) is 12.4. The molecule has 2 aromatic rings. The van der Waals surface area contributed by atoms with Crippen molar-refractivity contribution in [1.29, 1.82) is 0 Å². The first kappa shape index (κ1) is 55.5. The highest BCUT2D eigenvalue weighted by Gasteiger charge is 2.59. The number of carbonyl (C=O) groups is 5. The van der Waals surface area contributed by atoms with Crippen LogP contribution in [-0.4, -0.2) is 53.8 Å². The topological polar surface area (TPSA) is 166 Å². The van der Waals surface area contributed by atoms with E-state index in [0.717, 1.165) is 67.4 Å². The fourth-order valence-electron chi connectivity index (χ4n) is 14.4. The smallest absolute Gasteiger partial charge is 0.306 e. The Hall–Kier alpha value is -5.72. The highest BCUT2D eigenvalue weighted by Crippen LogP contribution is 2.67. The lowest BCUT2D eigenvalue weighted by Crippen LogP contribution is -2.51. The summed E-state index contributed by atoms with van der Waals surface area (Å²) in [7, 11) is 1.29. The van der Waals surface area contributed by atoms with Gasteiger partial charge >= 0.3 is 11.9 Å². The number of allylic oxidation sites excluding steroid dienone is 1. The quantitative estimate of drug-likeness (QED) is 0.0439. The van der Waals surface area contributed by atoms with Crippen molar-refractivity contribution in [3.63, 3.8) is 0 Å². The minimum atomic E-state index is -1.15. The van der Waals surface area contributed by atoms with Crippen molar-refractivity contribution in [1.82, 2.24) is 5.32 Å². The van der Waals surface area contributed by atoms with Crippen LogP contribution in [-0.2, 0) is 23.9 Å². The number of halogens is 2. The van der Waals surface area contributed by atoms with E-state index in [0.29, 0.717) is 34.4 Å². The van der Waals surface area contributed by atoms with Crippen LogP contribution in [0.5, 0.6) is 5.75 Å². The zero-order valence-electron chi connectivity index (χ0n) is 45.1. The number of fused-ring (bicyclic) bond motifs is 7. The van der Waals surface area contributed by atoms with E-state index in [1.165, 1.54) is 81.9 Å². The van der Waals surface area contributed by atoms with Gasteiger partial charge in [-0.05, 0) is 153 Å². The highest BCUT2D eigenvalue weighted by atomic mass is 19.1. The van der Waals surface area contributed by atoms with Gasteiger partial charge in [-0.25, -0.2) is 8.78 Å². The lowest BCUT2D eigenvalue weighted by Gasteiger charge is -2.58. The predicted molar refractivity (Wildman–Crippen MR) is 285 cm³/mol. The molecule has 9 atom stereocenters. The molecular weight excluding hydrogens is 957 g/mol. The monoisotopic (exact) mass is 1030 g/mol. The zero-order valence-corrected chi connectivity index (χ0v) is 45.1. The summed E-state index contributed by atoms with van der Waals surface area (Å²) in [5.74, 6) is 0.192. The Labute approximate surface area is 440 Å². The molecule has 13 heteroatoms. The van der Waals surface area contributed by atoms with Gasteiger partial charge in [0, 0.05) is 72.7 Å². The largest absolute Gasteiger partial charge is 0.494 e. The van der Waals surface area contributed by atoms with Gasteiger partial charge in [-0.1, -0.05) is 71.6 Å². The van der Waals surface area contributed by atoms with E-state index in [1.54, 1.807) is 13.0 Å². The molecule has 0 aromatic heterocycles. The van der Waals surface area contributed by atoms with E-state index >= 15 is 4.39 Å². The summed E-state index contributed by atoms with van der Waals surface area (Å²) in [4.78, 5) is 77.1. The molecule has 404 valence electrons. The summed E-state index contributed by atoms with van der Waals surface area (Å²) >= 11 is 0. The van der Waals surface area contributed by atoms with Crippen LogP contribution in [0.2, 0.25) is 0 Å². The van der Waals surface area contributed by atoms with E-state index < -0.39 is 40.8 Å². The van der Waals surface area contributed by atoms with Crippen LogP contribution in [0.15, 0.2) is 63.3 Å². The van der Waals surface area contributed by atoms with E-state index in [2.05, 4.69) is 46.0 Å². The van der Waals surface area contributed by atoms with Crippen molar-refractivity contribution in [2.24, 2.45) is 46.3 Å². The second kappa shape index (κ2) is 23.3. The van der Waals surface area contributed by atoms with Gasteiger partial charge in [0.15, 0.2) is 23.2 Å². The molecule has 0 saturated heterocycles. The van der Waals surface area contributed by atoms with Crippen LogP contribution in [0.4, 0.5) is 8.78 Å². The molecule has 4 unspecified atom stereocenters. The number of ether oxygens (including phenoxy) is 2. The second-order valence-electron chi connectivity index (χ2n) is 23.6. The van der Waals surface area contributed by atoms with Gasteiger partial charge in [0.05, 0.1) is 13.2 Å². The first-order valence-corrected chi connectivity index (χ1v) is 27.7. The van der Waals surface area contributed by atoms with Crippen molar-refractivity contribution >= 4 is 40.4 Å². The number of nitrogens with one attached hydrogen (secondary N) is 1. The first-order chi connectivity index (χ1) is 35.7. The summed E-state index contributed by atoms with van der Waals surface area (Å²) in [6.45, 7) is 14.0. The maximum Gasteiger partial charge on any atom is 0.306 e. The Morgan fingerprint density at radius 2 is 1.59 bits per heavy atom. The van der Waals surface area contributed by atoms with Gasteiger partial charge in [0.1, 0.15) is 23.2 Å². The summed E-state index contributed by atoms with van der Waals surface area (Å²) < 4.78 is 46.9. The number of hydrogen-bond acceptors (Lipinski definition) is 9. The minimum absolute atomic E-state index is 0.0532. The first-order valence-electron chi connectivity index (χ1n) is 27.7. The molecule has 5 aliphatic carbocycles. The number of ketones is 2. The molecule has 11 nitrogen and oxygen atoms in total. The number of benzene rings is 3. The fraction of sp³-hybridized carbons (Fsp3) is 0.581. The number of aliphatic carboxylic acids is 1. The van der Waals surface area contributed by atoms with Crippen LogP contribution in [0.25, 0.3) is 33.4 Å². The normalized spacial score (nSPS) is 24.9. The molecule has 6 aliphatic rings. The van der Waals surface area contributed by atoms with Crippen molar-refractivity contribution < 1.29 is 51.8 Å². The van der Waals surface area contributed by atoms with Gasteiger partial charge in [-0.15, -0.1) is 0 Å². The number of esters is 1. The lowest BCUT2D eigenvalue weighted by molar-refractivity contribution is -0.151. The number of methoxy groups -OCH3 is 1. The predicted octanol–water partition coefficient (Wildman–Crippen LogP) is 13.6. The molecule has 1 aliphatic heterocycles. The molecule has 0 bridgehead atoms. The van der Waals surface area contributed by atoms with Crippen molar-refractivity contribution in [2.75, 3.05) is 7.11 Å². The number of rotatable bonds is 22. The maximum atomic E-state index is 15.1. The molecule has 3 saturated carbocycles. The number of amides is 1. The van der Waals surface area contributed by atoms with E-state index in [4.69, 9.17) is 13.9 Å². The Morgan fingerprint density at radius 3 is 2.31 bits per heavy atom. The number of carboxylic acid groups (broad SMARTS) is 1. The zero-order chi connectivity index (χ0) is 53.9. The molecule has 3 fully saturated rings. The van der Waals surface area contributed by atoms with E-state index in [9.17, 15) is 38.3 Å². The van der Waals surface area contributed by atoms with Crippen molar-refractivity contribution in [3.8, 4) is 28.2 Å². The molecule has 75 heavy (non-hydrogen) atoms. The van der Waals surface area contributed by atoms with E-state index in [-0.39, 0.29) is 102 Å². The van der Waals surface area contributed by atoms with Gasteiger partial charge in [0.25, 0.3) is 5.91 Å². The van der Waals surface area contributed by atoms with Crippen LogP contribution in [0.1, 0.15) is 173 Å². The maximum absolute atomic E-state index is 15.1. The SMILES string of the molecule is COc1cc2oc3cc(=O)c(F)cc-3c(-c3ccc(C(=O)N[C@@H](CCC(=O)O)C(=O)CCCC(=O)CCCC(=O)O[C@H]4CCC5(C)C(=CC[C@H]6C5CCC5(C)C([C@H](C)CCCC(C)C)CC[C@@H]65)C4)cc3C)c2cc1F. The number of aryl methyl sites for hydroxylation is 1. The lowest BCUT2D eigenvalue weighted by atomic mass is 9.47. The molecule has 0 radical (unpaired) electrons. The average molecular weight is 1030 g/mol. The van der Waals surface area contributed by atoms with Gasteiger partial charge < -0.3 is 24.3 Å². The molecule has 2 aromatic carbocycles. The Bertz CT molecular complexity index is 2870. The summed E-state index contributed by atoms with van der Waals surface area (Å²) in [5.41, 5.74) is 3.02. The highest BCUT2D eigenvalue weighted by molar-refractivity contribution is 6.04. The Morgan fingerprint density at radius 1 is 0.827 bits per heavy atom. The third-order valence-corrected chi connectivity index (χ3v) is 18.4. The van der Waals surface area contributed by atoms with Crippen molar-refractivity contribution in [3.05, 3.63) is 87.1 Å². The fourth-order valence-corrected chi connectivity index (χ4v) is 14.4. The number of Topliss-reactive ketones (excluding diaryl/α,β-unsaturated/α-hetero) is 2. The molecule has 1 heterocycles. The van der Waals surface area contributed by atoms with Gasteiger partial charge in [0.2, 0.25) is 5.43 Å². The van der Waals surface area contributed by atoms with Gasteiger partial charge in [-0.3, -0.25) is 28.8 Å². The molecule has 2 N–H and O–H groups in total. The molecule has 0 spiro atoms. The minimum Gasteiger partial charge on any atom is -0.494 e. The van der Waals surface area contributed by atoms with Gasteiger partial charge in [-0.2, -0.15) is 0 Å². The van der Waals surface area contributed by atoms with E-state index in [1.807, 2.05) is 0 Å². The molecular formula is C62H77F2NO10. The van der Waals surface area contributed by atoms with Crippen LogP contribution in [0, 0.1) is 64.9 Å². The number of hydrogen-bond donors (Lipinski definition) is 2. The number of carbonyl (C=O) groups excluding carboxylic acids is 4. The average Bonchev–Trinajstić information content (AvgIpc) is 3.75. The van der Waals surface area contributed by atoms with Crippen LogP contribution in [0.3, 0.4) is 0 Å². The molecule has 1 amide bonds. The molecule has 8 rings (SSSR count). The third kappa shape index (κ3) is 12.0. The summed E-state index contributed by atoms with van der Waals surface area (Å²) in [6.07, 6.45) is 15.8. The van der Waals surface area contributed by atoms with Crippen LogP contribution >= 0.6 is 0 Å². The number of carboxylic acids is 1. The second-order valence-corrected chi connectivity index (χ2v) is 23.6. The Kier molecular flexibility index (Phi) is 17.2. The summed E-state index contributed by atoms with van der Waals surface area (Å²) in [6, 6.07) is 8.00. The Balaban J connectivity index is 0.805. The third-order valence-electron chi connectivity index (χ3n) is 18.4. The van der Waals surface area contributed by atoms with Crippen molar-refractivity contribution in [2.45, 2.75) is 176 Å². The standard InChI is InChI=1S/C62H77F2NO10/c1-35(2)11-8-12-36(3)46-21-22-47-43-20-18-39-30-41(25-27-61(39,5)48(43)26-28-62(46,47)6)74-58(71)16-10-14-40(66)13-9-15-52(67)51(23-24-57(69)70)65-60(72)38-17-19-42(37(4)29-38)59-44-31-49(63)53(68)33-54(44)75-55-34-56(73-7)50(64)32-45(55)59/h17-19,29,31-36,41,43,46-48,51H,8-16,20-28,30H2,1-7H3,(H,65,72)(H,69,70)/t36-,41+,43-,46?,47+,48?,51+,61?,62?/m1/s1. The van der Waals surface area contributed by atoms with Crippen LogP contribution < -0.4 is 15.5 Å².